The van der Waals surface area contributed by atoms with E-state index in [9.17, 15) is 0 Å². The predicted molar refractivity (Wildman–Crippen MR) is 167 cm³/mol. The quantitative estimate of drug-likeness (QED) is 0.234. The third-order valence-corrected chi connectivity index (χ3v) is 7.88. The number of nitrogens with zero attached hydrogens (tertiary/aromatic N) is 3. The van der Waals surface area contributed by atoms with Gasteiger partial charge in [-0.15, -0.1) is 0 Å². The third-order valence-electron chi connectivity index (χ3n) is 7.88. The smallest absolute Gasteiger partial charge is 0.146 e. The van der Waals surface area contributed by atoms with Crippen molar-refractivity contribution < 1.29 is 4.42 Å². The van der Waals surface area contributed by atoms with E-state index in [1.807, 2.05) is 24.5 Å². The monoisotopic (exact) mass is 515 g/mol. The SMILES string of the molecule is C=Cc1c(/C=C\C)n(-c2ccncc2)c2c1c1c3ccccc3oc1c1c3ccccc3n(-c3ccccc3)c12. The van der Waals surface area contributed by atoms with Crippen LogP contribution in [-0.4, -0.2) is 14.1 Å². The Morgan fingerprint density at radius 1 is 0.700 bits per heavy atom. The van der Waals surface area contributed by atoms with E-state index < -0.39 is 0 Å². The molecule has 0 aliphatic heterocycles. The van der Waals surface area contributed by atoms with Crippen molar-refractivity contribution in [1.82, 2.24) is 14.1 Å². The summed E-state index contributed by atoms with van der Waals surface area (Å²) in [6, 6.07) is 31.7. The van der Waals surface area contributed by atoms with Gasteiger partial charge in [0.25, 0.3) is 0 Å². The molecular formula is C36H25N3O. The summed E-state index contributed by atoms with van der Waals surface area (Å²) < 4.78 is 11.5. The van der Waals surface area contributed by atoms with E-state index in [1.165, 1.54) is 0 Å². The molecule has 4 aromatic heterocycles. The lowest BCUT2D eigenvalue weighted by Gasteiger charge is -2.13. The van der Waals surface area contributed by atoms with Gasteiger partial charge in [-0.3, -0.25) is 4.98 Å². The molecule has 190 valence electrons. The van der Waals surface area contributed by atoms with Crippen molar-refractivity contribution in [3.8, 4) is 11.4 Å². The van der Waals surface area contributed by atoms with Gasteiger partial charge in [-0.25, -0.2) is 0 Å². The molecule has 0 unspecified atom stereocenters. The van der Waals surface area contributed by atoms with Crippen LogP contribution in [0.5, 0.6) is 0 Å². The van der Waals surface area contributed by atoms with Gasteiger partial charge in [0.1, 0.15) is 11.2 Å². The summed E-state index contributed by atoms with van der Waals surface area (Å²) in [5.74, 6) is 0. The highest BCUT2D eigenvalue weighted by molar-refractivity contribution is 6.36. The number of fused-ring (bicyclic) bond motifs is 10. The summed E-state index contributed by atoms with van der Waals surface area (Å²) in [6.07, 6.45) is 9.95. The normalized spacial score (nSPS) is 12.1. The number of allylic oxidation sites excluding steroid dienone is 1. The molecule has 0 atom stereocenters. The minimum absolute atomic E-state index is 0.877. The molecule has 4 nitrogen and oxygen atoms in total. The Balaban J connectivity index is 1.80. The predicted octanol–water partition coefficient (Wildman–Crippen LogP) is 9.70. The van der Waals surface area contributed by atoms with E-state index in [0.717, 1.165) is 77.3 Å². The average Bonchev–Trinajstić information content (AvgIpc) is 3.65. The Labute approximate surface area is 230 Å². The second-order valence-corrected chi connectivity index (χ2v) is 9.98. The van der Waals surface area contributed by atoms with Gasteiger partial charge in [-0.1, -0.05) is 73.3 Å². The zero-order chi connectivity index (χ0) is 26.8. The van der Waals surface area contributed by atoms with E-state index in [-0.39, 0.29) is 0 Å². The molecule has 8 rings (SSSR count). The fraction of sp³-hybridized carbons (Fsp3) is 0.0278. The maximum absolute atomic E-state index is 6.76. The van der Waals surface area contributed by atoms with Crippen LogP contribution in [0, 0.1) is 0 Å². The molecule has 0 aliphatic carbocycles. The lowest BCUT2D eigenvalue weighted by Crippen LogP contribution is -2.00. The van der Waals surface area contributed by atoms with Gasteiger partial charge in [0.05, 0.1) is 27.6 Å². The number of hydrogen-bond donors (Lipinski definition) is 0. The van der Waals surface area contributed by atoms with Crippen LogP contribution >= 0.6 is 0 Å². The first-order valence-corrected chi connectivity index (χ1v) is 13.5. The van der Waals surface area contributed by atoms with Crippen LogP contribution in [0.2, 0.25) is 0 Å². The van der Waals surface area contributed by atoms with Gasteiger partial charge in [0.15, 0.2) is 0 Å². The maximum atomic E-state index is 6.76. The zero-order valence-electron chi connectivity index (χ0n) is 22.0. The summed E-state index contributed by atoms with van der Waals surface area (Å²) >= 11 is 0. The first-order valence-electron chi connectivity index (χ1n) is 13.5. The number of para-hydroxylation sites is 3. The second-order valence-electron chi connectivity index (χ2n) is 9.98. The fourth-order valence-corrected chi connectivity index (χ4v) is 6.38. The number of rotatable bonds is 4. The lowest BCUT2D eigenvalue weighted by molar-refractivity contribution is 0.673. The van der Waals surface area contributed by atoms with Crippen molar-refractivity contribution in [2.24, 2.45) is 0 Å². The van der Waals surface area contributed by atoms with Crippen molar-refractivity contribution in [1.29, 1.82) is 0 Å². The Hall–Kier alpha value is -5.35. The van der Waals surface area contributed by atoms with Crippen LogP contribution in [0.3, 0.4) is 0 Å². The van der Waals surface area contributed by atoms with E-state index in [4.69, 9.17) is 4.42 Å². The molecule has 4 heteroatoms. The van der Waals surface area contributed by atoms with Crippen LogP contribution in [0.25, 0.3) is 78.2 Å². The van der Waals surface area contributed by atoms with Crippen LogP contribution in [0.4, 0.5) is 0 Å². The summed E-state index contributed by atoms with van der Waals surface area (Å²) in [6.45, 7) is 6.37. The summed E-state index contributed by atoms with van der Waals surface area (Å²) in [5.41, 5.74) is 9.41. The molecule has 0 amide bonds. The number of aromatic nitrogens is 3. The van der Waals surface area contributed by atoms with Crippen molar-refractivity contribution in [3.05, 3.63) is 127 Å². The van der Waals surface area contributed by atoms with E-state index >= 15 is 0 Å². The van der Waals surface area contributed by atoms with Gasteiger partial charge in [0, 0.05) is 50.9 Å². The summed E-state index contributed by atoms with van der Waals surface area (Å²) in [7, 11) is 0. The van der Waals surface area contributed by atoms with E-state index in [1.54, 1.807) is 0 Å². The van der Waals surface area contributed by atoms with Gasteiger partial charge < -0.3 is 13.6 Å². The first-order chi connectivity index (χ1) is 19.8. The number of furan rings is 1. The van der Waals surface area contributed by atoms with Crippen molar-refractivity contribution in [2.75, 3.05) is 0 Å². The standard InChI is InChI=1S/C36H25N3O/c1-3-12-28-25(4-2)31-32-27-16-9-11-18-30(27)40-36(32)33-26-15-8-10-17-29(26)38(23-13-6-5-7-14-23)35(33)34(31)39(28)24-19-21-37-22-20-24/h3-22H,2H2,1H3/b12-3-. The van der Waals surface area contributed by atoms with Gasteiger partial charge >= 0.3 is 0 Å². The molecule has 0 fully saturated rings. The Bertz CT molecular complexity index is 2280. The molecule has 0 N–H and O–H groups in total. The molecule has 0 saturated carbocycles. The molecule has 0 saturated heterocycles. The van der Waals surface area contributed by atoms with Gasteiger partial charge in [0.2, 0.25) is 0 Å². The molecule has 4 heterocycles. The minimum Gasteiger partial charge on any atom is -0.455 e. The molecule has 0 spiro atoms. The Kier molecular flexibility index (Phi) is 4.85. The lowest BCUT2D eigenvalue weighted by atomic mass is 10.00. The Morgan fingerprint density at radius 3 is 2.15 bits per heavy atom. The van der Waals surface area contributed by atoms with E-state index in [0.29, 0.717) is 0 Å². The van der Waals surface area contributed by atoms with Crippen LogP contribution < -0.4 is 0 Å². The number of pyridine rings is 1. The maximum Gasteiger partial charge on any atom is 0.146 e. The number of benzene rings is 4. The van der Waals surface area contributed by atoms with Crippen molar-refractivity contribution in [2.45, 2.75) is 6.92 Å². The largest absolute Gasteiger partial charge is 0.455 e. The Morgan fingerprint density at radius 2 is 1.38 bits per heavy atom. The van der Waals surface area contributed by atoms with Gasteiger partial charge in [-0.05, 0) is 49.4 Å². The highest BCUT2D eigenvalue weighted by Crippen LogP contribution is 2.49. The van der Waals surface area contributed by atoms with Crippen LogP contribution in [-0.2, 0) is 0 Å². The molecule has 40 heavy (non-hydrogen) atoms. The van der Waals surface area contributed by atoms with Crippen molar-refractivity contribution >= 4 is 66.8 Å². The highest BCUT2D eigenvalue weighted by atomic mass is 16.3. The van der Waals surface area contributed by atoms with Gasteiger partial charge in [-0.2, -0.15) is 0 Å². The first kappa shape index (κ1) is 22.6. The minimum atomic E-state index is 0.877. The molecule has 0 bridgehead atoms. The molecule has 4 aromatic carbocycles. The topological polar surface area (TPSA) is 35.9 Å². The highest BCUT2D eigenvalue weighted by Gasteiger charge is 2.28. The number of hydrogen-bond acceptors (Lipinski definition) is 2. The molecular weight excluding hydrogens is 490 g/mol. The molecule has 8 aromatic rings. The zero-order valence-corrected chi connectivity index (χ0v) is 22.0. The average molecular weight is 516 g/mol. The van der Waals surface area contributed by atoms with Crippen LogP contribution in [0.15, 0.2) is 120 Å². The molecule has 0 aliphatic rings. The third kappa shape index (κ3) is 2.93. The van der Waals surface area contributed by atoms with Crippen molar-refractivity contribution in [3.63, 3.8) is 0 Å². The van der Waals surface area contributed by atoms with E-state index in [2.05, 4.69) is 125 Å². The molecule has 0 radical (unpaired) electrons. The summed E-state index contributed by atoms with van der Waals surface area (Å²) in [4.78, 5) is 4.33. The summed E-state index contributed by atoms with van der Waals surface area (Å²) in [5, 5.41) is 5.61. The fourth-order valence-electron chi connectivity index (χ4n) is 6.38. The van der Waals surface area contributed by atoms with Crippen LogP contribution in [0.1, 0.15) is 18.2 Å². The second kappa shape index (κ2) is 8.58.